The Labute approximate surface area is 186 Å². The fourth-order valence-corrected chi connectivity index (χ4v) is 4.44. The summed E-state index contributed by atoms with van der Waals surface area (Å²) in [7, 11) is 0. The average molecular weight is 459 g/mol. The molecule has 172 valence electrons. The Kier molecular flexibility index (Phi) is 4.89. The molecule has 11 heteroatoms. The van der Waals surface area contributed by atoms with Crippen LogP contribution in [0.5, 0.6) is 6.01 Å². The van der Waals surface area contributed by atoms with Crippen molar-refractivity contribution in [3.63, 3.8) is 0 Å². The van der Waals surface area contributed by atoms with Crippen LogP contribution in [0.1, 0.15) is 23.7 Å². The molecule has 2 aromatic heterocycles. The lowest BCUT2D eigenvalue weighted by molar-refractivity contribution is -0.389. The van der Waals surface area contributed by atoms with Gasteiger partial charge in [0.05, 0.1) is 17.8 Å². The summed E-state index contributed by atoms with van der Waals surface area (Å²) in [6.45, 7) is 4.45. The summed E-state index contributed by atoms with van der Waals surface area (Å²) in [5.41, 5.74) is 2.05. The van der Waals surface area contributed by atoms with E-state index in [1.807, 2.05) is 19.1 Å². The molecule has 0 saturated heterocycles. The first-order valence-electron chi connectivity index (χ1n) is 10.4. The molecular formula is C22H20F3N5O3. The number of alkyl halides is 3. The third-order valence-corrected chi connectivity index (χ3v) is 5.95. The van der Waals surface area contributed by atoms with E-state index in [1.165, 1.54) is 18.3 Å². The van der Waals surface area contributed by atoms with Gasteiger partial charge in [0, 0.05) is 42.3 Å². The van der Waals surface area contributed by atoms with Crippen molar-refractivity contribution in [1.82, 2.24) is 19.4 Å². The zero-order valence-electron chi connectivity index (χ0n) is 17.7. The van der Waals surface area contributed by atoms with Gasteiger partial charge < -0.3 is 14.9 Å². The van der Waals surface area contributed by atoms with Crippen molar-refractivity contribution in [1.29, 1.82) is 0 Å². The van der Waals surface area contributed by atoms with E-state index in [2.05, 4.69) is 9.88 Å². The van der Waals surface area contributed by atoms with E-state index in [0.29, 0.717) is 37.3 Å². The molecule has 8 nitrogen and oxygen atoms in total. The Balaban J connectivity index is 1.26. The highest BCUT2D eigenvalue weighted by Gasteiger charge is 2.42. The Hall–Kier alpha value is -3.47. The lowest BCUT2D eigenvalue weighted by Gasteiger charge is -2.34. The van der Waals surface area contributed by atoms with Gasteiger partial charge in [0.15, 0.2) is 0 Å². The number of fused-ring (bicyclic) bond motifs is 2. The molecule has 1 atom stereocenters. The number of nitro groups is 1. The van der Waals surface area contributed by atoms with Gasteiger partial charge in [-0.3, -0.25) is 14.5 Å². The molecule has 1 aromatic carbocycles. The number of hydrogen-bond acceptors (Lipinski definition) is 6. The Bertz CT molecular complexity index is 1200. The van der Waals surface area contributed by atoms with Crippen molar-refractivity contribution < 1.29 is 22.8 Å². The van der Waals surface area contributed by atoms with Gasteiger partial charge in [-0.05, 0) is 35.6 Å². The Morgan fingerprint density at radius 1 is 1.18 bits per heavy atom. The van der Waals surface area contributed by atoms with Gasteiger partial charge in [-0.2, -0.15) is 13.2 Å². The fraction of sp³-hybridized carbons (Fsp3) is 0.364. The molecule has 0 aliphatic carbocycles. The van der Waals surface area contributed by atoms with Crippen molar-refractivity contribution in [2.75, 3.05) is 13.1 Å². The number of rotatable bonds is 4. The van der Waals surface area contributed by atoms with Crippen molar-refractivity contribution in [2.24, 2.45) is 0 Å². The van der Waals surface area contributed by atoms with E-state index < -0.39 is 22.3 Å². The van der Waals surface area contributed by atoms with E-state index in [1.54, 1.807) is 4.57 Å². The summed E-state index contributed by atoms with van der Waals surface area (Å²) in [4.78, 5) is 21.2. The van der Waals surface area contributed by atoms with Gasteiger partial charge in [0.1, 0.15) is 11.8 Å². The summed E-state index contributed by atoms with van der Waals surface area (Å²) in [5, 5.41) is 10.9. The maximum Gasteiger partial charge on any atom is 0.416 e. The molecular weight excluding hydrogens is 439 g/mol. The monoisotopic (exact) mass is 459 g/mol. The van der Waals surface area contributed by atoms with Gasteiger partial charge in [-0.1, -0.05) is 18.2 Å². The molecule has 0 N–H and O–H groups in total. The highest BCUT2D eigenvalue weighted by atomic mass is 19.4. The molecule has 4 heterocycles. The van der Waals surface area contributed by atoms with Crippen LogP contribution in [0.15, 0.2) is 42.6 Å². The lowest BCUT2D eigenvalue weighted by Crippen LogP contribution is -2.46. The van der Waals surface area contributed by atoms with Gasteiger partial charge in [-0.15, -0.1) is 0 Å². The van der Waals surface area contributed by atoms with Crippen LogP contribution in [0.25, 0.3) is 11.3 Å². The smallest absolute Gasteiger partial charge is 0.416 e. The van der Waals surface area contributed by atoms with Crippen LogP contribution in [0.3, 0.4) is 0 Å². The second-order valence-corrected chi connectivity index (χ2v) is 8.66. The molecule has 0 amide bonds. The van der Waals surface area contributed by atoms with Crippen LogP contribution < -0.4 is 4.74 Å². The second-order valence-electron chi connectivity index (χ2n) is 8.66. The minimum absolute atomic E-state index is 0.228. The van der Waals surface area contributed by atoms with Gasteiger partial charge in [0.2, 0.25) is 0 Å². The van der Waals surface area contributed by atoms with E-state index in [-0.39, 0.29) is 11.8 Å². The molecule has 2 aliphatic heterocycles. The number of ether oxygens (including phenoxy) is 1. The van der Waals surface area contributed by atoms with E-state index in [0.717, 1.165) is 29.9 Å². The summed E-state index contributed by atoms with van der Waals surface area (Å²) >= 11 is 0. The van der Waals surface area contributed by atoms with Crippen molar-refractivity contribution >= 4 is 5.82 Å². The van der Waals surface area contributed by atoms with Crippen molar-refractivity contribution in [3.05, 3.63) is 69.5 Å². The molecule has 33 heavy (non-hydrogen) atoms. The highest BCUT2D eigenvalue weighted by molar-refractivity contribution is 5.60. The van der Waals surface area contributed by atoms with E-state index in [4.69, 9.17) is 9.72 Å². The topological polar surface area (TPSA) is 86.3 Å². The van der Waals surface area contributed by atoms with Crippen LogP contribution >= 0.6 is 0 Å². The predicted molar refractivity (Wildman–Crippen MR) is 112 cm³/mol. The molecule has 5 rings (SSSR count). The number of benzene rings is 1. The molecule has 0 radical (unpaired) electrons. The molecule has 0 spiro atoms. The molecule has 0 saturated carbocycles. The van der Waals surface area contributed by atoms with Crippen molar-refractivity contribution in [2.45, 2.75) is 38.2 Å². The number of halogens is 3. The van der Waals surface area contributed by atoms with E-state index >= 15 is 0 Å². The molecule has 2 aliphatic rings. The normalized spacial score (nSPS) is 20.2. The van der Waals surface area contributed by atoms with Gasteiger partial charge in [-0.25, -0.2) is 0 Å². The number of hydrogen-bond donors (Lipinski definition) is 0. The zero-order chi connectivity index (χ0) is 23.4. The van der Waals surface area contributed by atoms with Crippen molar-refractivity contribution in [3.8, 4) is 17.3 Å². The van der Waals surface area contributed by atoms with Gasteiger partial charge in [0.25, 0.3) is 0 Å². The third kappa shape index (κ3) is 4.15. The molecule has 1 unspecified atom stereocenters. The van der Waals surface area contributed by atoms with Crippen LogP contribution in [0, 0.1) is 10.1 Å². The minimum Gasteiger partial charge on any atom is -0.436 e. The molecule has 0 fully saturated rings. The first-order chi connectivity index (χ1) is 15.6. The summed E-state index contributed by atoms with van der Waals surface area (Å²) < 4.78 is 46.0. The minimum atomic E-state index is -4.36. The lowest BCUT2D eigenvalue weighted by atomic mass is 10.00. The number of imidazole rings is 1. The van der Waals surface area contributed by atoms with Crippen LogP contribution in [-0.2, 0) is 25.7 Å². The summed E-state index contributed by atoms with van der Waals surface area (Å²) in [6, 6.07) is 9.07. The van der Waals surface area contributed by atoms with Crippen LogP contribution in [-0.4, -0.2) is 43.0 Å². The number of nitrogens with zero attached hydrogens (tertiary/aromatic N) is 5. The standard InChI is InChI=1S/C22H20F3N5O3/c1-21(13-29-11-19(30(31)32)27-20(29)33-21)12-28-9-8-18-15(10-28)4-7-17(26-18)14-2-5-16(6-3-14)22(23,24)25/h2-7,11H,8-10,12-13H2,1H3. The quantitative estimate of drug-likeness (QED) is 0.432. The summed E-state index contributed by atoms with van der Waals surface area (Å²) in [6.07, 6.45) is -2.27. The third-order valence-electron chi connectivity index (χ3n) is 5.95. The number of aromatic nitrogens is 3. The summed E-state index contributed by atoms with van der Waals surface area (Å²) in [5.74, 6) is -0.228. The van der Waals surface area contributed by atoms with Gasteiger partial charge >= 0.3 is 18.0 Å². The number of pyridine rings is 1. The second kappa shape index (κ2) is 7.55. The highest BCUT2D eigenvalue weighted by Crippen LogP contribution is 2.33. The Morgan fingerprint density at radius 3 is 2.61 bits per heavy atom. The molecule has 3 aromatic rings. The average Bonchev–Trinajstić information content (AvgIpc) is 3.28. The van der Waals surface area contributed by atoms with E-state index in [9.17, 15) is 23.3 Å². The largest absolute Gasteiger partial charge is 0.436 e. The first kappa shape index (κ1) is 21.4. The molecule has 0 bridgehead atoms. The zero-order valence-corrected chi connectivity index (χ0v) is 17.7. The maximum absolute atomic E-state index is 12.8. The van der Waals surface area contributed by atoms with Crippen LogP contribution in [0.4, 0.5) is 19.0 Å². The SMILES string of the molecule is CC1(CN2CCc3nc(-c4ccc(C(F)(F)F)cc4)ccc3C2)Cn2cc([N+](=O)[O-])nc2O1. The van der Waals surface area contributed by atoms with Crippen LogP contribution in [0.2, 0.25) is 0 Å². The fourth-order valence-electron chi connectivity index (χ4n) is 4.44. The Morgan fingerprint density at radius 2 is 1.94 bits per heavy atom. The first-order valence-corrected chi connectivity index (χ1v) is 10.4. The maximum atomic E-state index is 12.8. The predicted octanol–water partition coefficient (Wildman–Crippen LogP) is 4.08.